The molecular weight excluding hydrogens is 339 g/mol. The van der Waals surface area contributed by atoms with E-state index < -0.39 is 5.56 Å². The summed E-state index contributed by atoms with van der Waals surface area (Å²) in [6.45, 7) is 1.11. The second-order valence-electron chi connectivity index (χ2n) is 4.37. The van der Waals surface area contributed by atoms with E-state index in [-0.39, 0.29) is 16.6 Å². The lowest BCUT2D eigenvalue weighted by Crippen LogP contribution is -2.24. The van der Waals surface area contributed by atoms with E-state index in [1.54, 1.807) is 12.1 Å². The monoisotopic (exact) mass is 346 g/mol. The second-order valence-corrected chi connectivity index (χ2v) is 5.56. The molecule has 3 rings (SSSR count). The molecule has 1 aromatic carbocycles. The molecule has 0 radical (unpaired) electrons. The van der Waals surface area contributed by atoms with E-state index >= 15 is 0 Å². The summed E-state index contributed by atoms with van der Waals surface area (Å²) in [5, 5.41) is 4.44. The number of ether oxygens (including phenoxy) is 2. The van der Waals surface area contributed by atoms with Crippen LogP contribution in [0.15, 0.2) is 23.1 Å². The number of halogens is 3. The first-order chi connectivity index (χ1) is 10.1. The lowest BCUT2D eigenvalue weighted by Gasteiger charge is -2.20. The number of benzene rings is 1. The Morgan fingerprint density at radius 1 is 1.14 bits per heavy atom. The summed E-state index contributed by atoms with van der Waals surface area (Å²) >= 11 is 17.7. The third-order valence-electron chi connectivity index (χ3n) is 2.93. The van der Waals surface area contributed by atoms with E-state index in [0.717, 1.165) is 5.56 Å². The molecule has 2 heterocycles. The quantitative estimate of drug-likeness (QED) is 0.838. The molecule has 0 spiro atoms. The molecule has 110 valence electrons. The van der Waals surface area contributed by atoms with Crippen LogP contribution in [0.1, 0.15) is 5.56 Å². The molecule has 1 aromatic heterocycles. The maximum absolute atomic E-state index is 12.0. The molecule has 0 amide bonds. The van der Waals surface area contributed by atoms with Gasteiger partial charge >= 0.3 is 0 Å². The van der Waals surface area contributed by atoms with Crippen LogP contribution in [0.2, 0.25) is 15.1 Å². The molecular formula is C13H9Cl3N2O3. The third-order valence-corrected chi connectivity index (χ3v) is 3.96. The maximum atomic E-state index is 12.0. The molecule has 1 aliphatic rings. The largest absolute Gasteiger partial charge is 0.486 e. The zero-order valence-electron chi connectivity index (χ0n) is 10.6. The van der Waals surface area contributed by atoms with Crippen LogP contribution in [-0.4, -0.2) is 23.0 Å². The molecule has 0 bridgehead atoms. The van der Waals surface area contributed by atoms with Crippen molar-refractivity contribution in [3.8, 4) is 11.5 Å². The van der Waals surface area contributed by atoms with E-state index in [9.17, 15) is 4.79 Å². The van der Waals surface area contributed by atoms with E-state index in [1.165, 1.54) is 10.9 Å². The van der Waals surface area contributed by atoms with Crippen LogP contribution in [0.4, 0.5) is 0 Å². The van der Waals surface area contributed by atoms with E-state index in [0.29, 0.717) is 29.7 Å². The zero-order valence-corrected chi connectivity index (χ0v) is 12.9. The summed E-state index contributed by atoms with van der Waals surface area (Å²) in [5.41, 5.74) is 0.285. The van der Waals surface area contributed by atoms with Crippen LogP contribution in [-0.2, 0) is 6.54 Å². The molecule has 0 fully saturated rings. The summed E-state index contributed by atoms with van der Waals surface area (Å²) < 4.78 is 12.1. The van der Waals surface area contributed by atoms with Crippen molar-refractivity contribution >= 4 is 34.8 Å². The molecule has 0 atom stereocenters. The Kier molecular flexibility index (Phi) is 3.97. The van der Waals surface area contributed by atoms with Gasteiger partial charge in [0.2, 0.25) is 0 Å². The summed E-state index contributed by atoms with van der Waals surface area (Å²) in [7, 11) is 0. The van der Waals surface area contributed by atoms with Crippen LogP contribution in [0.25, 0.3) is 0 Å². The SMILES string of the molecule is O=c1c(Cl)c(Cl)cnn1Cc1cc(Cl)c2c(c1)OCCO2. The number of nitrogens with zero attached hydrogens (tertiary/aromatic N) is 2. The van der Waals surface area contributed by atoms with Crippen molar-refractivity contribution in [3.63, 3.8) is 0 Å². The fourth-order valence-corrected chi connectivity index (χ4v) is 2.54. The van der Waals surface area contributed by atoms with E-state index in [1.807, 2.05) is 0 Å². The Bertz CT molecular complexity index is 761. The lowest BCUT2D eigenvalue weighted by atomic mass is 10.2. The van der Waals surface area contributed by atoms with Crippen molar-refractivity contribution < 1.29 is 9.47 Å². The zero-order chi connectivity index (χ0) is 15.0. The van der Waals surface area contributed by atoms with Crippen molar-refractivity contribution in [2.24, 2.45) is 0 Å². The molecule has 21 heavy (non-hydrogen) atoms. The van der Waals surface area contributed by atoms with Gasteiger partial charge in [-0.3, -0.25) is 4.79 Å². The molecule has 0 N–H and O–H groups in total. The van der Waals surface area contributed by atoms with Gasteiger partial charge in [-0.25, -0.2) is 4.68 Å². The fourth-order valence-electron chi connectivity index (χ4n) is 1.99. The van der Waals surface area contributed by atoms with Gasteiger partial charge in [-0.05, 0) is 17.7 Å². The van der Waals surface area contributed by atoms with Gasteiger partial charge in [0.25, 0.3) is 5.56 Å². The van der Waals surface area contributed by atoms with Gasteiger partial charge < -0.3 is 9.47 Å². The smallest absolute Gasteiger partial charge is 0.287 e. The highest BCUT2D eigenvalue weighted by atomic mass is 35.5. The first-order valence-corrected chi connectivity index (χ1v) is 7.19. The Hall–Kier alpha value is -1.43. The molecule has 2 aromatic rings. The first-order valence-electron chi connectivity index (χ1n) is 6.05. The highest BCUT2D eigenvalue weighted by molar-refractivity contribution is 6.41. The Morgan fingerprint density at radius 3 is 2.71 bits per heavy atom. The Balaban J connectivity index is 1.97. The van der Waals surface area contributed by atoms with Gasteiger partial charge in [-0.15, -0.1) is 0 Å². The Morgan fingerprint density at radius 2 is 1.90 bits per heavy atom. The van der Waals surface area contributed by atoms with Gasteiger partial charge in [0.1, 0.15) is 18.2 Å². The first kappa shape index (κ1) is 14.5. The molecule has 0 unspecified atom stereocenters. The normalized spacial score (nSPS) is 13.3. The van der Waals surface area contributed by atoms with Crippen LogP contribution in [0.3, 0.4) is 0 Å². The highest BCUT2D eigenvalue weighted by Gasteiger charge is 2.17. The van der Waals surface area contributed by atoms with Crippen molar-refractivity contribution in [3.05, 3.63) is 49.3 Å². The summed E-state index contributed by atoms with van der Waals surface area (Å²) in [6.07, 6.45) is 1.32. The predicted molar refractivity (Wildman–Crippen MR) is 80.1 cm³/mol. The van der Waals surface area contributed by atoms with Gasteiger partial charge in [0.05, 0.1) is 22.8 Å². The summed E-state index contributed by atoms with van der Waals surface area (Å²) in [4.78, 5) is 12.0. The molecule has 1 aliphatic heterocycles. The minimum absolute atomic E-state index is 0.0599. The minimum atomic E-state index is -0.463. The van der Waals surface area contributed by atoms with E-state index in [2.05, 4.69) is 5.10 Å². The standard InChI is InChI=1S/C13H9Cl3N2O3/c14-8-3-7(4-10-12(8)21-2-1-20-10)6-18-13(19)11(16)9(15)5-17-18/h3-5H,1-2,6H2. The molecule has 5 nitrogen and oxygen atoms in total. The molecule has 0 saturated carbocycles. The summed E-state index contributed by atoms with van der Waals surface area (Å²) in [6, 6.07) is 3.46. The predicted octanol–water partition coefficient (Wildman–Crippen LogP) is 3.02. The Labute approximate surface area is 134 Å². The molecule has 0 aliphatic carbocycles. The van der Waals surface area contributed by atoms with Crippen molar-refractivity contribution in [1.29, 1.82) is 0 Å². The summed E-state index contributed by atoms with van der Waals surface area (Å²) in [5.74, 6) is 1.07. The highest BCUT2D eigenvalue weighted by Crippen LogP contribution is 2.38. The number of hydrogen-bond acceptors (Lipinski definition) is 4. The maximum Gasteiger partial charge on any atom is 0.287 e. The minimum Gasteiger partial charge on any atom is -0.486 e. The number of aromatic nitrogens is 2. The van der Waals surface area contributed by atoms with Gasteiger partial charge in [0, 0.05) is 0 Å². The van der Waals surface area contributed by atoms with Crippen LogP contribution in [0.5, 0.6) is 11.5 Å². The van der Waals surface area contributed by atoms with Crippen LogP contribution < -0.4 is 15.0 Å². The van der Waals surface area contributed by atoms with Crippen molar-refractivity contribution in [2.75, 3.05) is 13.2 Å². The third kappa shape index (κ3) is 2.81. The van der Waals surface area contributed by atoms with Crippen LogP contribution in [0, 0.1) is 0 Å². The van der Waals surface area contributed by atoms with Crippen LogP contribution >= 0.6 is 34.8 Å². The van der Waals surface area contributed by atoms with E-state index in [4.69, 9.17) is 44.3 Å². The average Bonchev–Trinajstić information content (AvgIpc) is 2.48. The fraction of sp³-hybridized carbons (Fsp3) is 0.231. The molecule has 8 heteroatoms. The lowest BCUT2D eigenvalue weighted by molar-refractivity contribution is 0.171. The average molecular weight is 348 g/mol. The van der Waals surface area contributed by atoms with Crippen molar-refractivity contribution in [2.45, 2.75) is 6.54 Å². The van der Waals surface area contributed by atoms with Gasteiger partial charge in [-0.1, -0.05) is 34.8 Å². The van der Waals surface area contributed by atoms with Crippen molar-refractivity contribution in [1.82, 2.24) is 9.78 Å². The molecule has 0 saturated heterocycles. The number of rotatable bonds is 2. The topological polar surface area (TPSA) is 53.4 Å². The number of fused-ring (bicyclic) bond motifs is 1. The van der Waals surface area contributed by atoms with Gasteiger partial charge in [0.15, 0.2) is 11.5 Å². The van der Waals surface area contributed by atoms with Gasteiger partial charge in [-0.2, -0.15) is 5.10 Å². The second kappa shape index (κ2) is 5.75. The number of hydrogen-bond donors (Lipinski definition) is 0.